The molecule has 0 aromatic rings. The van der Waals surface area contributed by atoms with Gasteiger partial charge < -0.3 is 9.47 Å². The number of methoxy groups -OCH3 is 1. The number of carbonyl (C=O) groups is 1. The van der Waals surface area contributed by atoms with E-state index < -0.39 is 0 Å². The lowest BCUT2D eigenvalue weighted by atomic mass is 10.4. The summed E-state index contributed by atoms with van der Waals surface area (Å²) in [4.78, 5) is 12.8. The van der Waals surface area contributed by atoms with E-state index in [4.69, 9.17) is 9.47 Å². The lowest BCUT2D eigenvalue weighted by Gasteiger charge is -2.20. The molecule has 0 aromatic carbocycles. The van der Waals surface area contributed by atoms with E-state index in [-0.39, 0.29) is 18.2 Å². The molecule has 1 heterocycles. The first-order chi connectivity index (χ1) is 5.16. The molecular weight excluding hydrogens is 146 g/mol. The molecular formula is C7H13NO3. The van der Waals surface area contributed by atoms with Crippen LogP contribution in [0.5, 0.6) is 0 Å². The second-order valence-electron chi connectivity index (χ2n) is 2.58. The predicted octanol–water partition coefficient (Wildman–Crippen LogP) is 0.184. The van der Waals surface area contributed by atoms with Gasteiger partial charge >= 0.3 is 0 Å². The third kappa shape index (κ3) is 1.52. The Bertz CT molecular complexity index is 160. The highest BCUT2D eigenvalue weighted by molar-refractivity contribution is 5.81. The highest BCUT2D eigenvalue weighted by Gasteiger charge is 2.31. The van der Waals surface area contributed by atoms with Crippen LogP contribution >= 0.6 is 0 Å². The zero-order valence-electron chi connectivity index (χ0n) is 7.03. The van der Waals surface area contributed by atoms with Crippen molar-refractivity contribution >= 4 is 5.91 Å². The maximum absolute atomic E-state index is 11.2. The van der Waals surface area contributed by atoms with Crippen LogP contribution in [0.1, 0.15) is 13.8 Å². The van der Waals surface area contributed by atoms with Crippen LogP contribution in [0.2, 0.25) is 0 Å². The number of nitrogens with zero attached hydrogens (tertiary/aromatic N) is 1. The Morgan fingerprint density at radius 2 is 2.45 bits per heavy atom. The quantitative estimate of drug-likeness (QED) is 0.577. The van der Waals surface area contributed by atoms with E-state index in [1.807, 2.05) is 6.92 Å². The van der Waals surface area contributed by atoms with E-state index in [9.17, 15) is 4.79 Å². The molecule has 2 atom stereocenters. The van der Waals surface area contributed by atoms with Gasteiger partial charge in [-0.15, -0.1) is 0 Å². The Morgan fingerprint density at radius 3 is 2.82 bits per heavy atom. The third-order valence-corrected chi connectivity index (χ3v) is 1.87. The van der Waals surface area contributed by atoms with Crippen molar-refractivity contribution in [3.05, 3.63) is 0 Å². The van der Waals surface area contributed by atoms with Gasteiger partial charge in [0.05, 0.1) is 0 Å². The molecule has 1 rings (SSSR count). The predicted molar refractivity (Wildman–Crippen MR) is 38.7 cm³/mol. The molecule has 0 spiro atoms. The molecule has 1 fully saturated rings. The largest absolute Gasteiger partial charge is 0.362 e. The molecule has 0 N–H and O–H groups in total. The minimum Gasteiger partial charge on any atom is -0.362 e. The average Bonchev–Trinajstić information content (AvgIpc) is 2.32. The second kappa shape index (κ2) is 3.19. The second-order valence-corrected chi connectivity index (χ2v) is 2.58. The molecule has 0 aromatic heterocycles. The first kappa shape index (κ1) is 8.49. The molecule has 0 saturated carbocycles. The fourth-order valence-electron chi connectivity index (χ4n) is 0.972. The van der Waals surface area contributed by atoms with Crippen molar-refractivity contribution in [3.63, 3.8) is 0 Å². The summed E-state index contributed by atoms with van der Waals surface area (Å²) < 4.78 is 10.1. The van der Waals surface area contributed by atoms with Gasteiger partial charge in [0, 0.05) is 7.11 Å². The van der Waals surface area contributed by atoms with Crippen molar-refractivity contribution in [3.8, 4) is 0 Å². The molecule has 0 bridgehead atoms. The van der Waals surface area contributed by atoms with Crippen LogP contribution in [0.15, 0.2) is 0 Å². The number of rotatable bonds is 2. The lowest BCUT2D eigenvalue weighted by Crippen LogP contribution is -2.37. The molecule has 1 amide bonds. The summed E-state index contributed by atoms with van der Waals surface area (Å²) in [6.07, 6.45) is -0.500. The van der Waals surface area contributed by atoms with Gasteiger partial charge in [0.1, 0.15) is 19.1 Å². The topological polar surface area (TPSA) is 38.8 Å². The minimum absolute atomic E-state index is 0.000602. The van der Waals surface area contributed by atoms with Gasteiger partial charge in [0.2, 0.25) is 0 Å². The van der Waals surface area contributed by atoms with Crippen molar-refractivity contribution in [1.29, 1.82) is 0 Å². The monoisotopic (exact) mass is 159 g/mol. The number of ether oxygens (including phenoxy) is 2. The SMILES string of the molecule is COC(C)N1COC(C)C1=O. The van der Waals surface area contributed by atoms with Crippen LogP contribution in [-0.2, 0) is 14.3 Å². The molecule has 64 valence electrons. The van der Waals surface area contributed by atoms with Crippen LogP contribution in [0.25, 0.3) is 0 Å². The van der Waals surface area contributed by atoms with E-state index in [0.29, 0.717) is 6.73 Å². The molecule has 11 heavy (non-hydrogen) atoms. The van der Waals surface area contributed by atoms with E-state index in [2.05, 4.69) is 0 Å². The summed E-state index contributed by atoms with van der Waals surface area (Å²) in [5.41, 5.74) is 0. The van der Waals surface area contributed by atoms with Crippen LogP contribution in [0, 0.1) is 0 Å². The molecule has 2 unspecified atom stereocenters. The molecule has 1 aliphatic rings. The van der Waals surface area contributed by atoms with Crippen molar-refractivity contribution in [2.24, 2.45) is 0 Å². The zero-order chi connectivity index (χ0) is 8.43. The molecule has 0 radical (unpaired) electrons. The molecule has 1 saturated heterocycles. The highest BCUT2D eigenvalue weighted by Crippen LogP contribution is 2.12. The van der Waals surface area contributed by atoms with Crippen molar-refractivity contribution in [1.82, 2.24) is 4.90 Å². The minimum atomic E-state index is -0.312. The third-order valence-electron chi connectivity index (χ3n) is 1.87. The molecule has 4 nitrogen and oxygen atoms in total. The molecule has 1 aliphatic heterocycles. The zero-order valence-corrected chi connectivity index (χ0v) is 7.03. The summed E-state index contributed by atoms with van der Waals surface area (Å²) in [6, 6.07) is 0. The Kier molecular flexibility index (Phi) is 2.46. The van der Waals surface area contributed by atoms with Gasteiger partial charge in [-0.05, 0) is 13.8 Å². The fraction of sp³-hybridized carbons (Fsp3) is 0.857. The summed E-state index contributed by atoms with van der Waals surface area (Å²) >= 11 is 0. The van der Waals surface area contributed by atoms with E-state index in [0.717, 1.165) is 0 Å². The first-order valence-corrected chi connectivity index (χ1v) is 3.61. The van der Waals surface area contributed by atoms with Crippen molar-refractivity contribution in [2.75, 3.05) is 13.8 Å². The smallest absolute Gasteiger partial charge is 0.255 e. The fourth-order valence-corrected chi connectivity index (χ4v) is 0.972. The van der Waals surface area contributed by atoms with Gasteiger partial charge in [0.15, 0.2) is 0 Å². The van der Waals surface area contributed by atoms with Crippen LogP contribution in [0.3, 0.4) is 0 Å². The number of hydrogen-bond donors (Lipinski definition) is 0. The number of amides is 1. The van der Waals surface area contributed by atoms with E-state index in [1.165, 1.54) is 0 Å². The maximum atomic E-state index is 11.2. The van der Waals surface area contributed by atoms with Crippen LogP contribution < -0.4 is 0 Å². The average molecular weight is 159 g/mol. The normalized spacial score (nSPS) is 27.7. The van der Waals surface area contributed by atoms with Gasteiger partial charge in [-0.1, -0.05) is 0 Å². The van der Waals surface area contributed by atoms with Crippen LogP contribution in [0.4, 0.5) is 0 Å². The Balaban J connectivity index is 2.54. The Morgan fingerprint density at radius 1 is 1.82 bits per heavy atom. The summed E-state index contributed by atoms with van der Waals surface area (Å²) in [6.45, 7) is 3.90. The summed E-state index contributed by atoms with van der Waals surface area (Å²) in [7, 11) is 1.57. The van der Waals surface area contributed by atoms with Gasteiger partial charge in [0.25, 0.3) is 5.91 Å². The highest BCUT2D eigenvalue weighted by atomic mass is 16.5. The lowest BCUT2D eigenvalue weighted by molar-refractivity contribution is -0.138. The summed E-state index contributed by atoms with van der Waals surface area (Å²) in [5.74, 6) is -0.000602. The van der Waals surface area contributed by atoms with Gasteiger partial charge in [-0.25, -0.2) is 0 Å². The van der Waals surface area contributed by atoms with Crippen LogP contribution in [-0.4, -0.2) is 37.0 Å². The van der Waals surface area contributed by atoms with E-state index >= 15 is 0 Å². The van der Waals surface area contributed by atoms with Crippen molar-refractivity contribution < 1.29 is 14.3 Å². The number of hydrogen-bond acceptors (Lipinski definition) is 3. The Labute approximate surface area is 66.1 Å². The standard InChI is InChI=1S/C7H13NO3/c1-5-7(9)8(4-11-5)6(2)10-3/h5-6H,4H2,1-3H3. The van der Waals surface area contributed by atoms with Gasteiger partial charge in [-0.3, -0.25) is 9.69 Å². The van der Waals surface area contributed by atoms with Gasteiger partial charge in [-0.2, -0.15) is 0 Å². The van der Waals surface area contributed by atoms with Crippen molar-refractivity contribution in [2.45, 2.75) is 26.2 Å². The van der Waals surface area contributed by atoms with E-state index in [1.54, 1.807) is 18.9 Å². The Hall–Kier alpha value is -0.610. The summed E-state index contributed by atoms with van der Waals surface area (Å²) in [5, 5.41) is 0. The maximum Gasteiger partial charge on any atom is 0.255 e. The first-order valence-electron chi connectivity index (χ1n) is 3.61. The number of carbonyl (C=O) groups excluding carboxylic acids is 1. The molecule has 0 aliphatic carbocycles. The molecule has 4 heteroatoms.